The minimum atomic E-state index is -0.434. The molecule has 0 aliphatic rings. The standard InChI is InChI=1S/C8H11N3/c1-3-8(2,6-9)11-5-4-10-7-11/h4-5,7H,3H2,1-2H3. The summed E-state index contributed by atoms with van der Waals surface area (Å²) in [7, 11) is 0. The van der Waals surface area contributed by atoms with Gasteiger partial charge in [0.25, 0.3) is 0 Å². The zero-order valence-electron chi connectivity index (χ0n) is 6.78. The lowest BCUT2D eigenvalue weighted by molar-refractivity contribution is 0.407. The van der Waals surface area contributed by atoms with Gasteiger partial charge in [0.15, 0.2) is 0 Å². The van der Waals surface area contributed by atoms with Gasteiger partial charge in [-0.05, 0) is 13.3 Å². The van der Waals surface area contributed by atoms with Crippen molar-refractivity contribution in [2.45, 2.75) is 25.8 Å². The van der Waals surface area contributed by atoms with E-state index in [-0.39, 0.29) is 0 Å². The molecule has 0 aromatic carbocycles. The van der Waals surface area contributed by atoms with E-state index >= 15 is 0 Å². The second-order valence-corrected chi connectivity index (χ2v) is 2.71. The molecule has 0 spiro atoms. The lowest BCUT2D eigenvalue weighted by Crippen LogP contribution is -2.25. The van der Waals surface area contributed by atoms with Crippen molar-refractivity contribution in [3.63, 3.8) is 0 Å². The van der Waals surface area contributed by atoms with Crippen molar-refractivity contribution < 1.29 is 0 Å². The van der Waals surface area contributed by atoms with Crippen molar-refractivity contribution in [3.8, 4) is 6.07 Å². The molecule has 0 saturated heterocycles. The molecule has 58 valence electrons. The van der Waals surface area contributed by atoms with Crippen LogP contribution >= 0.6 is 0 Å². The molecule has 3 nitrogen and oxygen atoms in total. The van der Waals surface area contributed by atoms with Crippen LogP contribution in [0.3, 0.4) is 0 Å². The van der Waals surface area contributed by atoms with Crippen molar-refractivity contribution >= 4 is 0 Å². The van der Waals surface area contributed by atoms with Crippen LogP contribution in [0.15, 0.2) is 18.7 Å². The van der Waals surface area contributed by atoms with Crippen LogP contribution in [0.5, 0.6) is 0 Å². The summed E-state index contributed by atoms with van der Waals surface area (Å²) in [6.45, 7) is 3.89. The fourth-order valence-corrected chi connectivity index (χ4v) is 0.870. The average Bonchev–Trinajstić information content (AvgIpc) is 2.55. The molecule has 1 heterocycles. The lowest BCUT2D eigenvalue weighted by Gasteiger charge is -2.20. The number of nitriles is 1. The minimum Gasteiger partial charge on any atom is -0.319 e. The molecule has 0 N–H and O–H groups in total. The molecule has 1 aromatic rings. The van der Waals surface area contributed by atoms with Crippen molar-refractivity contribution in [1.29, 1.82) is 5.26 Å². The third kappa shape index (κ3) is 1.25. The Morgan fingerprint density at radius 3 is 2.82 bits per heavy atom. The molecule has 0 aliphatic heterocycles. The fraction of sp³-hybridized carbons (Fsp3) is 0.500. The number of hydrogen-bond acceptors (Lipinski definition) is 2. The third-order valence-corrected chi connectivity index (χ3v) is 2.00. The van der Waals surface area contributed by atoms with Gasteiger partial charge in [0, 0.05) is 12.4 Å². The number of nitrogens with zero attached hydrogens (tertiary/aromatic N) is 3. The minimum absolute atomic E-state index is 0.434. The van der Waals surface area contributed by atoms with Gasteiger partial charge in [0.05, 0.1) is 12.4 Å². The smallest absolute Gasteiger partial charge is 0.129 e. The molecule has 0 saturated carbocycles. The highest BCUT2D eigenvalue weighted by atomic mass is 15.1. The van der Waals surface area contributed by atoms with Crippen molar-refractivity contribution in [3.05, 3.63) is 18.7 Å². The van der Waals surface area contributed by atoms with E-state index in [1.54, 1.807) is 12.5 Å². The van der Waals surface area contributed by atoms with Crippen molar-refractivity contribution in [2.24, 2.45) is 0 Å². The van der Waals surface area contributed by atoms with Crippen LogP contribution in [0.4, 0.5) is 0 Å². The Balaban J connectivity index is 2.99. The number of rotatable bonds is 2. The maximum Gasteiger partial charge on any atom is 0.129 e. The Morgan fingerprint density at radius 1 is 1.73 bits per heavy atom. The zero-order chi connectivity index (χ0) is 8.32. The largest absolute Gasteiger partial charge is 0.319 e. The quantitative estimate of drug-likeness (QED) is 0.639. The summed E-state index contributed by atoms with van der Waals surface area (Å²) in [5.41, 5.74) is -0.434. The van der Waals surface area contributed by atoms with Crippen LogP contribution in [0.25, 0.3) is 0 Å². The SMILES string of the molecule is CCC(C)(C#N)n1ccnc1. The van der Waals surface area contributed by atoms with Crippen molar-refractivity contribution in [1.82, 2.24) is 9.55 Å². The first-order valence-corrected chi connectivity index (χ1v) is 3.62. The fourth-order valence-electron chi connectivity index (χ4n) is 0.870. The summed E-state index contributed by atoms with van der Waals surface area (Å²) in [5, 5.41) is 8.86. The van der Waals surface area contributed by atoms with Crippen LogP contribution in [-0.2, 0) is 5.54 Å². The van der Waals surface area contributed by atoms with Gasteiger partial charge >= 0.3 is 0 Å². The predicted octanol–water partition coefficient (Wildman–Crippen LogP) is 1.53. The van der Waals surface area contributed by atoms with Gasteiger partial charge in [-0.3, -0.25) is 0 Å². The van der Waals surface area contributed by atoms with Crippen LogP contribution in [0.2, 0.25) is 0 Å². The summed E-state index contributed by atoms with van der Waals surface area (Å²) in [6, 6.07) is 2.25. The second-order valence-electron chi connectivity index (χ2n) is 2.71. The molecule has 11 heavy (non-hydrogen) atoms. The molecule has 0 bridgehead atoms. The number of aromatic nitrogens is 2. The Labute approximate surface area is 66.3 Å². The molecule has 1 aromatic heterocycles. The molecule has 1 unspecified atom stereocenters. The maximum absolute atomic E-state index is 8.86. The normalized spacial score (nSPS) is 15.4. The highest BCUT2D eigenvalue weighted by molar-refractivity contribution is 5.02. The highest BCUT2D eigenvalue weighted by Crippen LogP contribution is 2.17. The Morgan fingerprint density at radius 2 is 2.45 bits per heavy atom. The Bertz CT molecular complexity index is 257. The predicted molar refractivity (Wildman–Crippen MR) is 41.8 cm³/mol. The van der Waals surface area contributed by atoms with Gasteiger partial charge in [0.1, 0.15) is 5.54 Å². The van der Waals surface area contributed by atoms with E-state index in [2.05, 4.69) is 11.1 Å². The summed E-state index contributed by atoms with van der Waals surface area (Å²) < 4.78 is 1.83. The van der Waals surface area contributed by atoms with E-state index < -0.39 is 5.54 Å². The van der Waals surface area contributed by atoms with Gasteiger partial charge < -0.3 is 4.57 Å². The highest BCUT2D eigenvalue weighted by Gasteiger charge is 2.22. The Hall–Kier alpha value is -1.30. The number of imidazole rings is 1. The Kier molecular flexibility index (Phi) is 1.95. The van der Waals surface area contributed by atoms with E-state index in [0.29, 0.717) is 0 Å². The zero-order valence-corrected chi connectivity index (χ0v) is 6.78. The van der Waals surface area contributed by atoms with Gasteiger partial charge in [-0.1, -0.05) is 6.92 Å². The molecule has 0 aliphatic carbocycles. The molecular formula is C8H11N3. The van der Waals surface area contributed by atoms with E-state index in [0.717, 1.165) is 6.42 Å². The molecule has 0 amide bonds. The van der Waals surface area contributed by atoms with Crippen LogP contribution in [-0.4, -0.2) is 9.55 Å². The first kappa shape index (κ1) is 7.80. The van der Waals surface area contributed by atoms with E-state index in [1.165, 1.54) is 0 Å². The van der Waals surface area contributed by atoms with Crippen LogP contribution in [0.1, 0.15) is 20.3 Å². The summed E-state index contributed by atoms with van der Waals surface area (Å²) >= 11 is 0. The second kappa shape index (κ2) is 2.75. The molecule has 0 radical (unpaired) electrons. The number of hydrogen-bond donors (Lipinski definition) is 0. The van der Waals surface area contributed by atoms with E-state index in [4.69, 9.17) is 5.26 Å². The molecule has 0 fully saturated rings. The van der Waals surface area contributed by atoms with Gasteiger partial charge in [0.2, 0.25) is 0 Å². The van der Waals surface area contributed by atoms with Crippen LogP contribution < -0.4 is 0 Å². The molecular weight excluding hydrogens is 138 g/mol. The molecule has 1 atom stereocenters. The van der Waals surface area contributed by atoms with Gasteiger partial charge in [-0.25, -0.2) is 4.98 Å². The van der Waals surface area contributed by atoms with E-state index in [9.17, 15) is 0 Å². The first-order valence-electron chi connectivity index (χ1n) is 3.62. The topological polar surface area (TPSA) is 41.6 Å². The summed E-state index contributed by atoms with van der Waals surface area (Å²) in [5.74, 6) is 0. The third-order valence-electron chi connectivity index (χ3n) is 2.00. The molecule has 1 rings (SSSR count). The average molecular weight is 149 g/mol. The molecule has 3 heteroatoms. The summed E-state index contributed by atoms with van der Waals surface area (Å²) in [4.78, 5) is 3.90. The summed E-state index contributed by atoms with van der Waals surface area (Å²) in [6.07, 6.45) is 5.96. The van der Waals surface area contributed by atoms with Crippen molar-refractivity contribution in [2.75, 3.05) is 0 Å². The first-order chi connectivity index (χ1) is 5.23. The maximum atomic E-state index is 8.86. The van der Waals surface area contributed by atoms with Gasteiger partial charge in [-0.2, -0.15) is 5.26 Å². The van der Waals surface area contributed by atoms with Crippen LogP contribution in [0, 0.1) is 11.3 Å². The van der Waals surface area contributed by atoms with E-state index in [1.807, 2.05) is 24.6 Å². The monoisotopic (exact) mass is 149 g/mol. The lowest BCUT2D eigenvalue weighted by atomic mass is 10.0. The van der Waals surface area contributed by atoms with Gasteiger partial charge in [-0.15, -0.1) is 0 Å².